The third kappa shape index (κ3) is 4.81. The van der Waals surface area contributed by atoms with Gasteiger partial charge in [-0.15, -0.1) is 0 Å². The van der Waals surface area contributed by atoms with Crippen molar-refractivity contribution in [3.8, 4) is 0 Å². The van der Waals surface area contributed by atoms with E-state index in [-0.39, 0.29) is 0 Å². The molecule has 0 atom stereocenters. The molecular weight excluding hydrogens is 198 g/mol. The number of hydrogen-bond donors (Lipinski definition) is 1. The van der Waals surface area contributed by atoms with Gasteiger partial charge in [-0.25, -0.2) is 0 Å². The third-order valence-electron chi connectivity index (χ3n) is 3.77. The summed E-state index contributed by atoms with van der Waals surface area (Å²) in [5.74, 6) is 0. The smallest absolute Gasteiger partial charge is 0.0110 e. The van der Waals surface area contributed by atoms with Crippen molar-refractivity contribution in [2.75, 3.05) is 46.3 Å². The Morgan fingerprint density at radius 1 is 1.19 bits per heavy atom. The molecule has 1 saturated heterocycles. The molecule has 0 aromatic rings. The molecule has 1 N–H and O–H groups in total. The van der Waals surface area contributed by atoms with Gasteiger partial charge in [0.05, 0.1) is 0 Å². The van der Waals surface area contributed by atoms with Gasteiger partial charge in [0, 0.05) is 32.2 Å². The van der Waals surface area contributed by atoms with Crippen molar-refractivity contribution in [1.82, 2.24) is 15.1 Å². The Bertz CT molecular complexity index is 159. The summed E-state index contributed by atoms with van der Waals surface area (Å²) in [4.78, 5) is 5.12. The van der Waals surface area contributed by atoms with Crippen LogP contribution >= 0.6 is 0 Å². The summed E-state index contributed by atoms with van der Waals surface area (Å²) in [6.45, 7) is 11.9. The summed E-state index contributed by atoms with van der Waals surface area (Å²) >= 11 is 0. The SMILES string of the molecule is CCC(CC)N(C)CCN1CCCNCC1. The fraction of sp³-hybridized carbons (Fsp3) is 1.00. The predicted octanol–water partition coefficient (Wildman–Crippen LogP) is 1.40. The molecule has 0 aliphatic carbocycles. The maximum Gasteiger partial charge on any atom is 0.0110 e. The molecule has 96 valence electrons. The van der Waals surface area contributed by atoms with Gasteiger partial charge in [-0.05, 0) is 39.4 Å². The fourth-order valence-electron chi connectivity index (χ4n) is 2.52. The van der Waals surface area contributed by atoms with Gasteiger partial charge < -0.3 is 15.1 Å². The van der Waals surface area contributed by atoms with Crippen LogP contribution in [-0.2, 0) is 0 Å². The van der Waals surface area contributed by atoms with Crippen molar-refractivity contribution in [2.24, 2.45) is 0 Å². The molecule has 3 heteroatoms. The first kappa shape index (κ1) is 13.9. The molecule has 0 spiro atoms. The molecule has 0 aromatic heterocycles. The summed E-state index contributed by atoms with van der Waals surface area (Å²) in [7, 11) is 2.27. The molecule has 16 heavy (non-hydrogen) atoms. The monoisotopic (exact) mass is 227 g/mol. The van der Waals surface area contributed by atoms with Gasteiger partial charge >= 0.3 is 0 Å². The van der Waals surface area contributed by atoms with E-state index in [0.29, 0.717) is 0 Å². The topological polar surface area (TPSA) is 18.5 Å². The Morgan fingerprint density at radius 2 is 1.94 bits per heavy atom. The van der Waals surface area contributed by atoms with Crippen molar-refractivity contribution in [3.63, 3.8) is 0 Å². The van der Waals surface area contributed by atoms with Crippen LogP contribution in [0, 0.1) is 0 Å². The fourth-order valence-corrected chi connectivity index (χ4v) is 2.52. The molecule has 0 radical (unpaired) electrons. The van der Waals surface area contributed by atoms with Crippen LogP contribution in [0.3, 0.4) is 0 Å². The number of nitrogens with zero attached hydrogens (tertiary/aromatic N) is 2. The summed E-state index contributed by atoms with van der Waals surface area (Å²) < 4.78 is 0. The van der Waals surface area contributed by atoms with Crippen molar-refractivity contribution < 1.29 is 0 Å². The van der Waals surface area contributed by atoms with Crippen LogP contribution in [0.1, 0.15) is 33.1 Å². The lowest BCUT2D eigenvalue weighted by Gasteiger charge is -2.29. The van der Waals surface area contributed by atoms with Gasteiger partial charge in [-0.2, -0.15) is 0 Å². The summed E-state index contributed by atoms with van der Waals surface area (Å²) in [6.07, 6.45) is 3.85. The second-order valence-electron chi connectivity index (χ2n) is 4.90. The van der Waals surface area contributed by atoms with E-state index >= 15 is 0 Å². The average molecular weight is 227 g/mol. The lowest BCUT2D eigenvalue weighted by atomic mass is 10.1. The minimum Gasteiger partial charge on any atom is -0.315 e. The van der Waals surface area contributed by atoms with Crippen LogP contribution in [0.15, 0.2) is 0 Å². The van der Waals surface area contributed by atoms with Crippen LogP contribution < -0.4 is 5.32 Å². The second-order valence-corrected chi connectivity index (χ2v) is 4.90. The highest BCUT2D eigenvalue weighted by atomic mass is 15.2. The zero-order valence-electron chi connectivity index (χ0n) is 11.3. The summed E-state index contributed by atoms with van der Waals surface area (Å²) in [6, 6.07) is 0.769. The van der Waals surface area contributed by atoms with Gasteiger partial charge in [0.15, 0.2) is 0 Å². The largest absolute Gasteiger partial charge is 0.315 e. The number of nitrogens with one attached hydrogen (secondary N) is 1. The zero-order chi connectivity index (χ0) is 11.8. The van der Waals surface area contributed by atoms with Gasteiger partial charge in [0.1, 0.15) is 0 Å². The van der Waals surface area contributed by atoms with Gasteiger partial charge in [0.2, 0.25) is 0 Å². The van der Waals surface area contributed by atoms with Gasteiger partial charge in [-0.1, -0.05) is 13.8 Å². The van der Waals surface area contributed by atoms with E-state index in [2.05, 4.69) is 36.0 Å². The predicted molar refractivity (Wildman–Crippen MR) is 70.9 cm³/mol. The van der Waals surface area contributed by atoms with Crippen molar-refractivity contribution in [1.29, 1.82) is 0 Å². The third-order valence-corrected chi connectivity index (χ3v) is 3.77. The highest BCUT2D eigenvalue weighted by Crippen LogP contribution is 2.06. The molecule has 0 unspecified atom stereocenters. The van der Waals surface area contributed by atoms with E-state index in [1.165, 1.54) is 52.0 Å². The number of hydrogen-bond acceptors (Lipinski definition) is 3. The van der Waals surface area contributed by atoms with Crippen LogP contribution in [0.5, 0.6) is 0 Å². The maximum absolute atomic E-state index is 3.45. The lowest BCUT2D eigenvalue weighted by Crippen LogP contribution is -2.39. The first-order valence-electron chi connectivity index (χ1n) is 6.91. The van der Waals surface area contributed by atoms with E-state index in [4.69, 9.17) is 0 Å². The molecule has 0 amide bonds. The highest BCUT2D eigenvalue weighted by molar-refractivity contribution is 4.70. The van der Waals surface area contributed by atoms with E-state index in [0.717, 1.165) is 12.6 Å². The summed E-state index contributed by atoms with van der Waals surface area (Å²) in [5.41, 5.74) is 0. The Balaban J connectivity index is 2.21. The standard InChI is InChI=1S/C13H29N3/c1-4-13(5-2)15(3)11-12-16-9-6-7-14-8-10-16/h13-14H,4-12H2,1-3H3. The molecule has 1 aliphatic heterocycles. The van der Waals surface area contributed by atoms with Gasteiger partial charge in [0.25, 0.3) is 0 Å². The molecule has 1 aliphatic rings. The van der Waals surface area contributed by atoms with Crippen LogP contribution in [0.25, 0.3) is 0 Å². The van der Waals surface area contributed by atoms with Crippen LogP contribution in [0.2, 0.25) is 0 Å². The Morgan fingerprint density at radius 3 is 2.62 bits per heavy atom. The number of likely N-dealkylation sites (N-methyl/N-ethyl adjacent to an activating group) is 1. The molecule has 3 nitrogen and oxygen atoms in total. The Kier molecular flexibility index (Phi) is 7.01. The molecule has 1 heterocycles. The van der Waals surface area contributed by atoms with E-state index < -0.39 is 0 Å². The number of rotatable bonds is 6. The average Bonchev–Trinajstić information content (AvgIpc) is 2.56. The maximum atomic E-state index is 3.45. The molecular formula is C13H29N3. The second kappa shape index (κ2) is 8.04. The Labute approximate surface area is 101 Å². The van der Waals surface area contributed by atoms with Crippen LogP contribution in [-0.4, -0.2) is 62.2 Å². The normalized spacial score (nSPS) is 19.3. The zero-order valence-corrected chi connectivity index (χ0v) is 11.3. The van der Waals surface area contributed by atoms with E-state index in [1.807, 2.05) is 0 Å². The molecule has 0 bridgehead atoms. The highest BCUT2D eigenvalue weighted by Gasteiger charge is 2.13. The Hall–Kier alpha value is -0.120. The van der Waals surface area contributed by atoms with Crippen molar-refractivity contribution in [3.05, 3.63) is 0 Å². The molecule has 1 fully saturated rings. The minimum absolute atomic E-state index is 0.769. The lowest BCUT2D eigenvalue weighted by molar-refractivity contribution is 0.186. The quantitative estimate of drug-likeness (QED) is 0.740. The van der Waals surface area contributed by atoms with Gasteiger partial charge in [-0.3, -0.25) is 0 Å². The minimum atomic E-state index is 0.769. The first-order valence-corrected chi connectivity index (χ1v) is 6.91. The molecule has 0 aromatic carbocycles. The molecule has 0 saturated carbocycles. The van der Waals surface area contributed by atoms with Crippen molar-refractivity contribution in [2.45, 2.75) is 39.2 Å². The molecule has 1 rings (SSSR count). The first-order chi connectivity index (χ1) is 7.77. The van der Waals surface area contributed by atoms with Crippen molar-refractivity contribution >= 4 is 0 Å². The summed E-state index contributed by atoms with van der Waals surface area (Å²) in [5, 5.41) is 3.45. The van der Waals surface area contributed by atoms with E-state index in [9.17, 15) is 0 Å². The van der Waals surface area contributed by atoms with E-state index in [1.54, 1.807) is 0 Å². The van der Waals surface area contributed by atoms with Crippen LogP contribution in [0.4, 0.5) is 0 Å².